The van der Waals surface area contributed by atoms with Crippen LogP contribution in [0.4, 0.5) is 5.95 Å². The summed E-state index contributed by atoms with van der Waals surface area (Å²) in [5, 5.41) is 3.47. The molecule has 0 spiro atoms. The van der Waals surface area contributed by atoms with E-state index in [0.717, 1.165) is 37.6 Å². The van der Waals surface area contributed by atoms with Gasteiger partial charge in [-0.1, -0.05) is 88.4 Å². The van der Waals surface area contributed by atoms with Gasteiger partial charge in [0.1, 0.15) is 0 Å². The number of hydrogen-bond acceptors (Lipinski definition) is 5. The predicted molar refractivity (Wildman–Crippen MR) is 170 cm³/mol. The molecule has 1 aromatic heterocycles. The molecule has 5 heteroatoms. The molecule has 5 nitrogen and oxygen atoms in total. The molecule has 0 radical (unpaired) electrons. The van der Waals surface area contributed by atoms with Gasteiger partial charge in [-0.2, -0.15) is 0 Å². The van der Waals surface area contributed by atoms with Gasteiger partial charge in [-0.15, -0.1) is 0 Å². The van der Waals surface area contributed by atoms with Gasteiger partial charge < -0.3 is 15.1 Å². The molecule has 1 heterocycles. The van der Waals surface area contributed by atoms with Crippen LogP contribution in [0.3, 0.4) is 0 Å². The molecule has 0 saturated carbocycles. The standard InChI is InChI=1S/C28H36N4.C4H9N.C2H6/c1-4-16-32(17-5-2)18-8-15-29-28-30-20-23-19-26(22-13-11-21(3)12-14-22)24-9-6-7-10-25(24)27(23)31-28;1-4-5(2)3;1-2/h6-7,9-14,20,26H,4-5,8,15-19H2,1-3H3,(H,29,30,31);4H,1H2,2-3H3;1-2H3. The SMILES string of the molecule is C=CN(C)C.CC.CCCN(CCC)CCCNc1ncc2c(n1)-c1ccccc1C(c1ccc(C)cc1)C2. The van der Waals surface area contributed by atoms with E-state index < -0.39 is 0 Å². The van der Waals surface area contributed by atoms with Crippen molar-refractivity contribution in [3.63, 3.8) is 0 Å². The Hall–Kier alpha value is -3.18. The van der Waals surface area contributed by atoms with Crippen molar-refractivity contribution in [2.75, 3.05) is 45.6 Å². The highest BCUT2D eigenvalue weighted by molar-refractivity contribution is 5.72. The number of nitrogens with one attached hydrogen (secondary N) is 1. The minimum absolute atomic E-state index is 0.352. The van der Waals surface area contributed by atoms with Crippen LogP contribution in [0.5, 0.6) is 0 Å². The molecule has 0 saturated heterocycles. The minimum Gasteiger partial charge on any atom is -0.384 e. The Morgan fingerprint density at radius 3 is 2.23 bits per heavy atom. The zero-order valence-electron chi connectivity index (χ0n) is 25.5. The molecular formula is C34H51N5. The van der Waals surface area contributed by atoms with Crippen molar-refractivity contribution in [1.29, 1.82) is 0 Å². The van der Waals surface area contributed by atoms with Gasteiger partial charge in [0.25, 0.3) is 0 Å². The summed E-state index contributed by atoms with van der Waals surface area (Å²) in [5.41, 5.74) is 7.58. The topological polar surface area (TPSA) is 44.3 Å². The molecule has 0 amide bonds. The fourth-order valence-corrected chi connectivity index (χ4v) is 4.79. The Morgan fingerprint density at radius 1 is 0.974 bits per heavy atom. The summed E-state index contributed by atoms with van der Waals surface area (Å²) in [6.45, 7) is 18.5. The highest BCUT2D eigenvalue weighted by Crippen LogP contribution is 2.41. The molecule has 4 rings (SSSR count). The maximum atomic E-state index is 4.95. The van der Waals surface area contributed by atoms with Gasteiger partial charge in [0, 0.05) is 38.3 Å². The van der Waals surface area contributed by atoms with Crippen molar-refractivity contribution in [2.45, 2.75) is 66.2 Å². The van der Waals surface area contributed by atoms with Crippen LogP contribution in [-0.4, -0.2) is 60.0 Å². The third kappa shape index (κ3) is 9.81. The summed E-state index contributed by atoms with van der Waals surface area (Å²) in [7, 11) is 3.88. The zero-order valence-corrected chi connectivity index (χ0v) is 25.5. The molecule has 212 valence electrons. The number of aryl methyl sites for hydroxylation is 1. The Morgan fingerprint density at radius 2 is 1.62 bits per heavy atom. The van der Waals surface area contributed by atoms with E-state index in [4.69, 9.17) is 4.98 Å². The van der Waals surface area contributed by atoms with E-state index >= 15 is 0 Å². The first-order valence-electron chi connectivity index (χ1n) is 14.7. The van der Waals surface area contributed by atoms with Crippen LogP contribution < -0.4 is 5.32 Å². The van der Waals surface area contributed by atoms with Crippen LogP contribution in [0.25, 0.3) is 11.3 Å². The van der Waals surface area contributed by atoms with Crippen LogP contribution in [0.15, 0.2) is 67.5 Å². The van der Waals surface area contributed by atoms with Crippen LogP contribution in [0, 0.1) is 6.92 Å². The van der Waals surface area contributed by atoms with Gasteiger partial charge in [-0.3, -0.25) is 0 Å². The van der Waals surface area contributed by atoms with Gasteiger partial charge >= 0.3 is 0 Å². The van der Waals surface area contributed by atoms with Crippen molar-refractivity contribution >= 4 is 5.95 Å². The Balaban J connectivity index is 0.000000686. The van der Waals surface area contributed by atoms with E-state index in [1.165, 1.54) is 53.7 Å². The first kappa shape index (κ1) is 32.0. The first-order chi connectivity index (χ1) is 19.0. The summed E-state index contributed by atoms with van der Waals surface area (Å²) in [6.07, 6.45) is 8.25. The summed E-state index contributed by atoms with van der Waals surface area (Å²) < 4.78 is 0. The van der Waals surface area contributed by atoms with E-state index in [-0.39, 0.29) is 0 Å². The number of benzene rings is 2. The van der Waals surface area contributed by atoms with Gasteiger partial charge in [0.2, 0.25) is 5.95 Å². The lowest BCUT2D eigenvalue weighted by Gasteiger charge is -2.27. The lowest BCUT2D eigenvalue weighted by molar-refractivity contribution is 0.274. The molecular weight excluding hydrogens is 478 g/mol. The average Bonchev–Trinajstić information content (AvgIpc) is 2.97. The molecule has 0 fully saturated rings. The van der Waals surface area contributed by atoms with Crippen LogP contribution in [0.2, 0.25) is 0 Å². The van der Waals surface area contributed by atoms with Crippen LogP contribution in [0.1, 0.15) is 75.1 Å². The second kappa shape index (κ2) is 17.4. The molecule has 0 aliphatic heterocycles. The number of aromatic nitrogens is 2. The Bertz CT molecular complexity index is 1100. The maximum Gasteiger partial charge on any atom is 0.223 e. The van der Waals surface area contributed by atoms with Gasteiger partial charge in [0.05, 0.1) is 5.69 Å². The van der Waals surface area contributed by atoms with Gasteiger partial charge in [0.15, 0.2) is 0 Å². The summed E-state index contributed by atoms with van der Waals surface area (Å²) in [4.78, 5) is 14.1. The second-order valence-corrected chi connectivity index (χ2v) is 10.1. The molecule has 2 aromatic carbocycles. The fraction of sp³-hybridized carbons (Fsp3) is 0.471. The van der Waals surface area contributed by atoms with Crippen molar-refractivity contribution in [2.24, 2.45) is 0 Å². The van der Waals surface area contributed by atoms with Crippen LogP contribution >= 0.6 is 0 Å². The summed E-state index contributed by atoms with van der Waals surface area (Å²) in [5.74, 6) is 1.09. The van der Waals surface area contributed by atoms with Crippen LogP contribution in [-0.2, 0) is 6.42 Å². The molecule has 1 aliphatic carbocycles. The van der Waals surface area contributed by atoms with E-state index in [1.54, 1.807) is 6.20 Å². The normalized spacial score (nSPS) is 13.2. The van der Waals surface area contributed by atoms with E-state index in [9.17, 15) is 0 Å². The highest BCUT2D eigenvalue weighted by atomic mass is 15.1. The monoisotopic (exact) mass is 529 g/mol. The lowest BCUT2D eigenvalue weighted by Crippen LogP contribution is -2.28. The molecule has 1 unspecified atom stereocenters. The number of anilines is 1. The molecule has 3 aromatic rings. The fourth-order valence-electron chi connectivity index (χ4n) is 4.79. The number of nitrogens with zero attached hydrogens (tertiary/aromatic N) is 4. The van der Waals surface area contributed by atoms with E-state index in [0.29, 0.717) is 5.92 Å². The third-order valence-electron chi connectivity index (χ3n) is 6.74. The Labute approximate surface area is 238 Å². The predicted octanol–water partition coefficient (Wildman–Crippen LogP) is 7.78. The Kier molecular flexibility index (Phi) is 14.3. The van der Waals surface area contributed by atoms with Crippen molar-refractivity contribution in [3.05, 3.63) is 89.8 Å². The number of rotatable bonds is 11. The lowest BCUT2D eigenvalue weighted by atomic mass is 9.78. The van der Waals surface area contributed by atoms with E-state index in [1.807, 2.05) is 39.0 Å². The van der Waals surface area contributed by atoms with Gasteiger partial charge in [-0.25, -0.2) is 9.97 Å². The highest BCUT2D eigenvalue weighted by Gasteiger charge is 2.27. The van der Waals surface area contributed by atoms with E-state index in [2.05, 4.69) is 91.1 Å². The smallest absolute Gasteiger partial charge is 0.223 e. The van der Waals surface area contributed by atoms with Crippen molar-refractivity contribution < 1.29 is 0 Å². The number of hydrogen-bond donors (Lipinski definition) is 1. The van der Waals surface area contributed by atoms with Gasteiger partial charge in [-0.05, 0) is 75.1 Å². The molecule has 1 aliphatic rings. The second-order valence-electron chi connectivity index (χ2n) is 10.1. The zero-order chi connectivity index (χ0) is 28.6. The largest absolute Gasteiger partial charge is 0.384 e. The van der Waals surface area contributed by atoms with Crippen molar-refractivity contribution in [3.8, 4) is 11.3 Å². The third-order valence-corrected chi connectivity index (χ3v) is 6.74. The molecule has 1 atom stereocenters. The molecule has 39 heavy (non-hydrogen) atoms. The molecule has 1 N–H and O–H groups in total. The number of fused-ring (bicyclic) bond motifs is 3. The molecule has 0 bridgehead atoms. The maximum absolute atomic E-state index is 4.95. The summed E-state index contributed by atoms with van der Waals surface area (Å²) in [6, 6.07) is 17.7. The summed E-state index contributed by atoms with van der Waals surface area (Å²) >= 11 is 0. The minimum atomic E-state index is 0.352. The average molecular weight is 530 g/mol. The van der Waals surface area contributed by atoms with Crippen molar-refractivity contribution in [1.82, 2.24) is 19.8 Å². The quantitative estimate of drug-likeness (QED) is 0.257. The first-order valence-corrected chi connectivity index (χ1v) is 14.7.